The molecule has 3 aliphatic heterocycles. The van der Waals surface area contributed by atoms with Gasteiger partial charge in [-0.25, -0.2) is 4.79 Å². The smallest absolute Gasteiger partial charge is 0.339 e. The summed E-state index contributed by atoms with van der Waals surface area (Å²) in [5.41, 5.74) is 2.87. The highest BCUT2D eigenvalue weighted by Crippen LogP contribution is 2.43. The maximum atomic E-state index is 13.0. The maximum Gasteiger partial charge on any atom is 0.339 e. The summed E-state index contributed by atoms with van der Waals surface area (Å²) in [7, 11) is 0. The van der Waals surface area contributed by atoms with Gasteiger partial charge in [-0.3, -0.25) is 4.79 Å². The van der Waals surface area contributed by atoms with Crippen molar-refractivity contribution in [2.75, 3.05) is 26.2 Å². The lowest BCUT2D eigenvalue weighted by Gasteiger charge is -2.25. The van der Waals surface area contributed by atoms with Crippen molar-refractivity contribution < 1.29 is 14.3 Å². The van der Waals surface area contributed by atoms with Gasteiger partial charge in [-0.05, 0) is 55.6 Å². The highest BCUT2D eigenvalue weighted by Gasteiger charge is 2.50. The molecule has 1 atom stereocenters. The first-order chi connectivity index (χ1) is 13.7. The van der Waals surface area contributed by atoms with Crippen LogP contribution in [0.5, 0.6) is 0 Å². The van der Waals surface area contributed by atoms with E-state index in [0.29, 0.717) is 36.6 Å². The van der Waals surface area contributed by atoms with Crippen molar-refractivity contribution in [3.8, 4) is 0 Å². The molecule has 5 heteroatoms. The summed E-state index contributed by atoms with van der Waals surface area (Å²) in [6.45, 7) is 3.13. The second kappa shape index (κ2) is 6.74. The fraction of sp³-hybridized carbons (Fsp3) is 0.391. The molecule has 2 saturated heterocycles. The van der Waals surface area contributed by atoms with Crippen molar-refractivity contribution in [1.29, 1.82) is 0 Å². The third-order valence-corrected chi connectivity index (χ3v) is 6.41. The minimum atomic E-state index is -0.682. The molecular formula is C23H24N2O3. The van der Waals surface area contributed by atoms with Gasteiger partial charge < -0.3 is 15.0 Å². The molecule has 2 fully saturated rings. The number of hydrogen-bond donors (Lipinski definition) is 1. The molecular weight excluding hydrogens is 352 g/mol. The Balaban J connectivity index is 1.33. The van der Waals surface area contributed by atoms with E-state index in [1.807, 2.05) is 35.2 Å². The molecule has 2 aromatic rings. The second-order valence-electron chi connectivity index (χ2n) is 8.05. The lowest BCUT2D eigenvalue weighted by molar-refractivity contribution is -0.00306. The Kier molecular flexibility index (Phi) is 4.20. The Morgan fingerprint density at radius 2 is 1.82 bits per heavy atom. The van der Waals surface area contributed by atoms with Crippen LogP contribution in [0, 0.1) is 0 Å². The lowest BCUT2D eigenvalue weighted by atomic mass is 9.90. The Morgan fingerprint density at radius 3 is 2.61 bits per heavy atom. The zero-order valence-electron chi connectivity index (χ0n) is 15.8. The molecule has 28 heavy (non-hydrogen) atoms. The highest BCUT2D eigenvalue weighted by atomic mass is 16.6. The van der Waals surface area contributed by atoms with Crippen molar-refractivity contribution >= 4 is 11.9 Å². The number of fused-ring (bicyclic) bond motifs is 2. The highest BCUT2D eigenvalue weighted by molar-refractivity contribution is 5.96. The summed E-state index contributed by atoms with van der Waals surface area (Å²) >= 11 is 0. The summed E-state index contributed by atoms with van der Waals surface area (Å²) in [5, 5.41) is 3.39. The Labute approximate surface area is 164 Å². The third kappa shape index (κ3) is 2.81. The maximum absolute atomic E-state index is 13.0. The van der Waals surface area contributed by atoms with E-state index in [4.69, 9.17) is 4.74 Å². The van der Waals surface area contributed by atoms with E-state index in [-0.39, 0.29) is 11.9 Å². The van der Waals surface area contributed by atoms with Gasteiger partial charge in [0.15, 0.2) is 5.60 Å². The van der Waals surface area contributed by atoms with Crippen LogP contribution < -0.4 is 5.32 Å². The van der Waals surface area contributed by atoms with Crippen LogP contribution in [-0.4, -0.2) is 43.0 Å². The van der Waals surface area contributed by atoms with E-state index in [1.165, 1.54) is 5.56 Å². The quantitative estimate of drug-likeness (QED) is 0.819. The van der Waals surface area contributed by atoms with Gasteiger partial charge in [0.05, 0.1) is 12.1 Å². The van der Waals surface area contributed by atoms with E-state index in [0.717, 1.165) is 31.5 Å². The first-order valence-electron chi connectivity index (χ1n) is 10.1. The molecule has 3 aliphatic rings. The molecule has 0 saturated carbocycles. The third-order valence-electron chi connectivity index (χ3n) is 6.41. The summed E-state index contributed by atoms with van der Waals surface area (Å²) in [5.74, 6) is 0.306. The molecule has 5 rings (SSSR count). The zero-order chi connectivity index (χ0) is 19.1. The van der Waals surface area contributed by atoms with Crippen molar-refractivity contribution in [2.45, 2.75) is 30.8 Å². The molecule has 1 N–H and O–H groups in total. The first kappa shape index (κ1) is 17.4. The SMILES string of the molecule is O=C1O[C@]2(CCN(C(=O)c3ccc(C4CCNCC4)cc3)C2)c2ccccc21. The van der Waals surface area contributed by atoms with Crippen LogP contribution in [0.2, 0.25) is 0 Å². The van der Waals surface area contributed by atoms with Crippen LogP contribution in [-0.2, 0) is 10.3 Å². The zero-order valence-corrected chi connectivity index (χ0v) is 15.8. The van der Waals surface area contributed by atoms with Crippen LogP contribution >= 0.6 is 0 Å². The summed E-state index contributed by atoms with van der Waals surface area (Å²) in [4.78, 5) is 27.1. The van der Waals surface area contributed by atoms with E-state index in [9.17, 15) is 9.59 Å². The summed E-state index contributed by atoms with van der Waals surface area (Å²) in [6, 6.07) is 15.6. The largest absolute Gasteiger partial charge is 0.449 e. The van der Waals surface area contributed by atoms with Gasteiger partial charge in [-0.1, -0.05) is 30.3 Å². The Hall–Kier alpha value is -2.66. The number of likely N-dealkylation sites (tertiary alicyclic amines) is 1. The molecule has 2 aromatic carbocycles. The predicted molar refractivity (Wildman–Crippen MR) is 105 cm³/mol. The lowest BCUT2D eigenvalue weighted by Crippen LogP contribution is -2.34. The van der Waals surface area contributed by atoms with E-state index in [1.54, 1.807) is 6.07 Å². The number of nitrogens with one attached hydrogen (secondary N) is 1. The Bertz CT molecular complexity index is 918. The topological polar surface area (TPSA) is 58.6 Å². The fourth-order valence-electron chi connectivity index (χ4n) is 4.84. The van der Waals surface area contributed by atoms with Gasteiger partial charge in [-0.15, -0.1) is 0 Å². The number of rotatable bonds is 2. The molecule has 144 valence electrons. The number of piperidine rings is 1. The number of carbonyl (C=O) groups excluding carboxylic acids is 2. The van der Waals surface area contributed by atoms with Gasteiger partial charge >= 0.3 is 5.97 Å². The molecule has 0 aliphatic carbocycles. The monoisotopic (exact) mass is 376 g/mol. The fourth-order valence-corrected chi connectivity index (χ4v) is 4.84. The standard InChI is InChI=1S/C23H24N2O3/c26-21(18-7-5-16(6-8-18)17-9-12-24-13-10-17)25-14-11-23(15-25)20-4-2-1-3-19(20)22(27)28-23/h1-8,17,24H,9-15H2/t23-/m0/s1. The van der Waals surface area contributed by atoms with Crippen molar-refractivity contribution in [3.05, 3.63) is 70.8 Å². The molecule has 0 bridgehead atoms. The summed E-state index contributed by atoms with van der Waals surface area (Å²) < 4.78 is 5.76. The van der Waals surface area contributed by atoms with Gasteiger partial charge in [-0.2, -0.15) is 0 Å². The minimum absolute atomic E-state index is 0.00849. The molecule has 1 spiro atoms. The predicted octanol–water partition coefficient (Wildman–Crippen LogP) is 3.07. The van der Waals surface area contributed by atoms with Gasteiger partial charge in [0.25, 0.3) is 5.91 Å². The number of carbonyl (C=O) groups is 2. The number of amides is 1. The van der Waals surface area contributed by atoms with Gasteiger partial charge in [0.2, 0.25) is 0 Å². The normalized spacial score (nSPS) is 24.4. The van der Waals surface area contributed by atoms with Crippen LogP contribution in [0.25, 0.3) is 0 Å². The van der Waals surface area contributed by atoms with Crippen molar-refractivity contribution in [2.24, 2.45) is 0 Å². The first-order valence-corrected chi connectivity index (χ1v) is 10.1. The van der Waals surface area contributed by atoms with Crippen LogP contribution in [0.4, 0.5) is 0 Å². The Morgan fingerprint density at radius 1 is 1.07 bits per heavy atom. The summed E-state index contributed by atoms with van der Waals surface area (Å²) in [6.07, 6.45) is 2.94. The van der Waals surface area contributed by atoms with Crippen molar-refractivity contribution in [1.82, 2.24) is 10.2 Å². The molecule has 3 heterocycles. The average molecular weight is 376 g/mol. The van der Waals surface area contributed by atoms with E-state index < -0.39 is 5.60 Å². The second-order valence-corrected chi connectivity index (χ2v) is 8.05. The molecule has 1 amide bonds. The average Bonchev–Trinajstić information content (AvgIpc) is 3.30. The molecule has 5 nitrogen and oxygen atoms in total. The van der Waals surface area contributed by atoms with E-state index >= 15 is 0 Å². The molecule has 0 aromatic heterocycles. The number of nitrogens with zero attached hydrogens (tertiary/aromatic N) is 1. The van der Waals surface area contributed by atoms with E-state index in [2.05, 4.69) is 17.4 Å². The van der Waals surface area contributed by atoms with Crippen LogP contribution in [0.15, 0.2) is 48.5 Å². The minimum Gasteiger partial charge on any atom is -0.449 e. The van der Waals surface area contributed by atoms with Crippen molar-refractivity contribution in [3.63, 3.8) is 0 Å². The number of hydrogen-bond acceptors (Lipinski definition) is 4. The molecule has 0 unspecified atom stereocenters. The number of benzene rings is 2. The number of ether oxygens (including phenoxy) is 1. The number of esters is 1. The van der Waals surface area contributed by atoms with Crippen LogP contribution in [0.1, 0.15) is 57.0 Å². The van der Waals surface area contributed by atoms with Gasteiger partial charge in [0.1, 0.15) is 0 Å². The van der Waals surface area contributed by atoms with Crippen LogP contribution in [0.3, 0.4) is 0 Å². The molecule has 0 radical (unpaired) electrons. The van der Waals surface area contributed by atoms with Gasteiger partial charge in [0, 0.05) is 24.1 Å².